The number of aromatic nitrogens is 1. The lowest BCUT2D eigenvalue weighted by atomic mass is 10.1. The van der Waals surface area contributed by atoms with E-state index in [-0.39, 0.29) is 17.2 Å². The van der Waals surface area contributed by atoms with Crippen molar-refractivity contribution in [3.63, 3.8) is 0 Å². The maximum atomic E-state index is 12.0. The number of benzene rings is 1. The van der Waals surface area contributed by atoms with Gasteiger partial charge in [0, 0.05) is 18.9 Å². The molecule has 0 aliphatic rings. The first-order valence-corrected chi connectivity index (χ1v) is 6.05. The van der Waals surface area contributed by atoms with Gasteiger partial charge in [-0.25, -0.2) is 0 Å². The van der Waals surface area contributed by atoms with E-state index in [9.17, 15) is 9.90 Å². The summed E-state index contributed by atoms with van der Waals surface area (Å²) in [5, 5.41) is 12.5. The topological polar surface area (TPSA) is 62.2 Å². The zero-order chi connectivity index (χ0) is 13.8. The van der Waals surface area contributed by atoms with E-state index in [1.807, 2.05) is 19.9 Å². The Labute approximate surface area is 112 Å². The molecule has 2 rings (SSSR count). The predicted molar refractivity (Wildman–Crippen MR) is 73.0 cm³/mol. The fourth-order valence-corrected chi connectivity index (χ4v) is 1.80. The van der Waals surface area contributed by atoms with Crippen molar-refractivity contribution in [1.29, 1.82) is 0 Å². The fourth-order valence-electron chi connectivity index (χ4n) is 1.80. The van der Waals surface area contributed by atoms with Crippen LogP contribution >= 0.6 is 0 Å². The number of hydrogen-bond acceptors (Lipinski definition) is 3. The number of carbonyl (C=O) groups is 1. The molecular weight excluding hydrogens is 240 g/mol. The third-order valence-corrected chi connectivity index (χ3v) is 2.97. The Balaban J connectivity index is 2.08. The first kappa shape index (κ1) is 13.1. The summed E-state index contributed by atoms with van der Waals surface area (Å²) < 4.78 is 0. The fraction of sp³-hybridized carbons (Fsp3) is 0.200. The number of carbonyl (C=O) groups excluding carboxylic acids is 1. The number of phenolic OH excluding ortho intramolecular Hbond substituents is 1. The number of pyridine rings is 1. The van der Waals surface area contributed by atoms with Crippen molar-refractivity contribution in [2.24, 2.45) is 0 Å². The molecule has 0 spiro atoms. The smallest absolute Gasteiger partial charge is 0.255 e. The Morgan fingerprint density at radius 1 is 1.32 bits per heavy atom. The number of aromatic hydroxyl groups is 1. The molecule has 0 aliphatic heterocycles. The van der Waals surface area contributed by atoms with Gasteiger partial charge in [0.1, 0.15) is 5.75 Å². The second-order valence-electron chi connectivity index (χ2n) is 4.51. The van der Waals surface area contributed by atoms with Crippen molar-refractivity contribution in [1.82, 2.24) is 10.3 Å². The number of hydrogen-bond donors (Lipinski definition) is 2. The van der Waals surface area contributed by atoms with Gasteiger partial charge >= 0.3 is 0 Å². The van der Waals surface area contributed by atoms with E-state index in [0.717, 1.165) is 16.7 Å². The van der Waals surface area contributed by atoms with Crippen molar-refractivity contribution in [3.05, 3.63) is 58.9 Å². The maximum Gasteiger partial charge on any atom is 0.255 e. The highest BCUT2D eigenvalue weighted by Gasteiger charge is 2.10. The van der Waals surface area contributed by atoms with Crippen molar-refractivity contribution in [3.8, 4) is 5.75 Å². The van der Waals surface area contributed by atoms with Crippen molar-refractivity contribution in [2.45, 2.75) is 20.4 Å². The first-order valence-electron chi connectivity index (χ1n) is 6.05. The lowest BCUT2D eigenvalue weighted by molar-refractivity contribution is 0.0948. The van der Waals surface area contributed by atoms with E-state index in [2.05, 4.69) is 10.3 Å². The van der Waals surface area contributed by atoms with Gasteiger partial charge < -0.3 is 10.4 Å². The van der Waals surface area contributed by atoms with Gasteiger partial charge in [0.25, 0.3) is 5.91 Å². The van der Waals surface area contributed by atoms with E-state index < -0.39 is 0 Å². The summed E-state index contributed by atoms with van der Waals surface area (Å²) in [5.41, 5.74) is 3.24. The molecule has 0 saturated heterocycles. The lowest BCUT2D eigenvalue weighted by Gasteiger charge is -2.09. The molecule has 0 saturated carbocycles. The van der Waals surface area contributed by atoms with Crippen molar-refractivity contribution < 1.29 is 9.90 Å². The molecule has 1 aromatic carbocycles. The zero-order valence-electron chi connectivity index (χ0n) is 11.0. The Bertz CT molecular complexity index is 609. The molecule has 98 valence electrons. The monoisotopic (exact) mass is 256 g/mol. The van der Waals surface area contributed by atoms with E-state index in [0.29, 0.717) is 6.54 Å². The summed E-state index contributed by atoms with van der Waals surface area (Å²) in [5.74, 6) is -0.280. The molecule has 1 aromatic heterocycles. The lowest BCUT2D eigenvalue weighted by Crippen LogP contribution is -2.23. The van der Waals surface area contributed by atoms with E-state index in [1.165, 1.54) is 0 Å². The van der Waals surface area contributed by atoms with Crippen LogP contribution in [0, 0.1) is 13.8 Å². The second-order valence-corrected chi connectivity index (χ2v) is 4.51. The summed E-state index contributed by atoms with van der Waals surface area (Å²) in [4.78, 5) is 16.0. The molecule has 0 bridgehead atoms. The molecule has 1 amide bonds. The number of rotatable bonds is 3. The summed E-state index contributed by atoms with van der Waals surface area (Å²) >= 11 is 0. The molecule has 0 aliphatic carbocycles. The third-order valence-electron chi connectivity index (χ3n) is 2.97. The van der Waals surface area contributed by atoms with Gasteiger partial charge in [-0.1, -0.05) is 6.07 Å². The summed E-state index contributed by atoms with van der Waals surface area (Å²) in [6.07, 6.45) is 3.45. The van der Waals surface area contributed by atoms with Gasteiger partial charge in [0.15, 0.2) is 0 Å². The van der Waals surface area contributed by atoms with Crippen molar-refractivity contribution in [2.75, 3.05) is 0 Å². The second kappa shape index (κ2) is 5.52. The highest BCUT2D eigenvalue weighted by atomic mass is 16.3. The van der Waals surface area contributed by atoms with Crippen LogP contribution in [0.15, 0.2) is 36.7 Å². The maximum absolute atomic E-state index is 12.0. The molecule has 0 unspecified atom stereocenters. The van der Waals surface area contributed by atoms with Gasteiger partial charge in [-0.05, 0) is 48.7 Å². The number of phenols is 1. The standard InChI is InChI=1S/C15H16N2O2/c1-10-3-4-13(14(18)7-10)15(19)17-9-12-5-6-16-8-11(12)2/h3-8,18H,9H2,1-2H3,(H,17,19). The van der Waals surface area contributed by atoms with Crippen LogP contribution in [0.2, 0.25) is 0 Å². The highest BCUT2D eigenvalue weighted by molar-refractivity contribution is 5.96. The molecule has 2 N–H and O–H groups in total. The van der Waals surface area contributed by atoms with Crippen LogP contribution in [0.3, 0.4) is 0 Å². The molecule has 1 heterocycles. The molecule has 2 aromatic rings. The van der Waals surface area contributed by atoms with Crippen LogP contribution in [-0.4, -0.2) is 16.0 Å². The van der Waals surface area contributed by atoms with E-state index in [1.54, 1.807) is 30.6 Å². The van der Waals surface area contributed by atoms with Crippen LogP contribution < -0.4 is 5.32 Å². The van der Waals surface area contributed by atoms with Crippen LogP contribution in [0.1, 0.15) is 27.0 Å². The molecular formula is C15H16N2O2. The van der Waals surface area contributed by atoms with Crippen LogP contribution in [-0.2, 0) is 6.54 Å². The van der Waals surface area contributed by atoms with Crippen LogP contribution in [0.4, 0.5) is 0 Å². The zero-order valence-corrected chi connectivity index (χ0v) is 11.0. The van der Waals surface area contributed by atoms with E-state index >= 15 is 0 Å². The Morgan fingerprint density at radius 2 is 2.11 bits per heavy atom. The Kier molecular flexibility index (Phi) is 3.80. The molecule has 0 atom stereocenters. The Hall–Kier alpha value is -2.36. The number of nitrogens with one attached hydrogen (secondary N) is 1. The predicted octanol–water partition coefficient (Wildman–Crippen LogP) is 2.33. The van der Waals surface area contributed by atoms with Gasteiger partial charge in [-0.2, -0.15) is 0 Å². The van der Waals surface area contributed by atoms with Gasteiger partial charge in [-0.3, -0.25) is 9.78 Å². The number of amides is 1. The van der Waals surface area contributed by atoms with Crippen molar-refractivity contribution >= 4 is 5.91 Å². The Morgan fingerprint density at radius 3 is 2.79 bits per heavy atom. The molecule has 4 heteroatoms. The minimum absolute atomic E-state index is 0.00366. The SMILES string of the molecule is Cc1ccc(C(=O)NCc2ccncc2C)c(O)c1. The van der Waals surface area contributed by atoms with Gasteiger partial charge in [0.2, 0.25) is 0 Å². The van der Waals surface area contributed by atoms with E-state index in [4.69, 9.17) is 0 Å². The largest absolute Gasteiger partial charge is 0.507 e. The van der Waals surface area contributed by atoms with Crippen LogP contribution in [0.5, 0.6) is 5.75 Å². The molecule has 0 radical (unpaired) electrons. The summed E-state index contributed by atoms with van der Waals surface area (Å²) in [6.45, 7) is 4.22. The summed E-state index contributed by atoms with van der Waals surface area (Å²) in [7, 11) is 0. The van der Waals surface area contributed by atoms with Gasteiger partial charge in [0.05, 0.1) is 5.56 Å². The summed E-state index contributed by atoms with van der Waals surface area (Å²) in [6, 6.07) is 6.86. The first-order chi connectivity index (χ1) is 9.08. The minimum atomic E-state index is -0.284. The molecule has 0 fully saturated rings. The average molecular weight is 256 g/mol. The normalized spacial score (nSPS) is 10.2. The number of nitrogens with zero attached hydrogens (tertiary/aromatic N) is 1. The quantitative estimate of drug-likeness (QED) is 0.886. The molecule has 4 nitrogen and oxygen atoms in total. The van der Waals surface area contributed by atoms with Gasteiger partial charge in [-0.15, -0.1) is 0 Å². The highest BCUT2D eigenvalue weighted by Crippen LogP contribution is 2.18. The average Bonchev–Trinajstić information content (AvgIpc) is 2.37. The minimum Gasteiger partial charge on any atom is -0.507 e. The van der Waals surface area contributed by atoms with Crippen LogP contribution in [0.25, 0.3) is 0 Å². The number of aryl methyl sites for hydroxylation is 2. The third kappa shape index (κ3) is 3.10. The molecule has 19 heavy (non-hydrogen) atoms.